The molecule has 1 heterocycles. The molecular weight excluding hydrogens is 279 g/mol. The van der Waals surface area contributed by atoms with E-state index in [1.165, 1.54) is 6.92 Å². The zero-order valence-electron chi connectivity index (χ0n) is 9.65. The van der Waals surface area contributed by atoms with Crippen LogP contribution >= 0.6 is 0 Å². The number of aryl methyl sites for hydroxylation is 1. The van der Waals surface area contributed by atoms with Gasteiger partial charge in [0.15, 0.2) is 11.6 Å². The van der Waals surface area contributed by atoms with Crippen molar-refractivity contribution in [2.45, 2.75) is 6.92 Å². The van der Waals surface area contributed by atoms with E-state index in [4.69, 9.17) is 0 Å². The van der Waals surface area contributed by atoms with Crippen molar-refractivity contribution in [3.05, 3.63) is 35.5 Å². The fourth-order valence-corrected chi connectivity index (χ4v) is 1.69. The fraction of sp³-hybridized carbons (Fsp3) is 0.100. The zero-order valence-corrected chi connectivity index (χ0v) is 12.8. The second-order valence-electron chi connectivity index (χ2n) is 3.67. The van der Waals surface area contributed by atoms with Crippen LogP contribution in [0.25, 0.3) is 10.9 Å². The van der Waals surface area contributed by atoms with Crippen molar-refractivity contribution >= 4 is 23.3 Å². The predicted molar refractivity (Wildman–Crippen MR) is 55.1 cm³/mol. The Morgan fingerprint density at radius 1 is 1.11 bits per heavy atom. The number of halogens is 5. The Balaban J connectivity index is 0.00000162. The normalized spacial score (nSPS) is 11.4. The number of pyridine rings is 1. The summed E-state index contributed by atoms with van der Waals surface area (Å²) in [4.78, 5) is 3.35. The molecule has 0 aliphatic carbocycles. The van der Waals surface area contributed by atoms with E-state index in [0.29, 0.717) is 6.20 Å². The van der Waals surface area contributed by atoms with E-state index < -0.39 is 24.1 Å². The number of hydrogen-bond donors (Lipinski definition) is 0. The van der Waals surface area contributed by atoms with E-state index >= 15 is 0 Å². The Hall–Kier alpha value is -0.0187. The molecule has 2 rings (SSSR count). The van der Waals surface area contributed by atoms with Gasteiger partial charge < -0.3 is 12.9 Å². The molecule has 0 bridgehead atoms. The van der Waals surface area contributed by atoms with Crippen molar-refractivity contribution < 1.29 is 73.1 Å². The van der Waals surface area contributed by atoms with E-state index in [0.717, 1.165) is 12.1 Å². The summed E-state index contributed by atoms with van der Waals surface area (Å²) >= 11 is 0. The zero-order chi connectivity index (χ0) is 12.8. The van der Waals surface area contributed by atoms with Gasteiger partial charge >= 0.3 is 58.4 Å². The molecule has 0 unspecified atom stereocenters. The van der Waals surface area contributed by atoms with Gasteiger partial charge in [-0.05, 0) is 19.1 Å². The molecule has 0 aliphatic rings. The number of fused-ring (bicyclic) bond motifs is 1. The first-order valence-electron chi connectivity index (χ1n) is 4.75. The third-order valence-corrected chi connectivity index (χ3v) is 2.59. The van der Waals surface area contributed by atoms with Crippen LogP contribution in [0.15, 0.2) is 18.3 Å². The van der Waals surface area contributed by atoms with Crippen LogP contribution in [0.1, 0.15) is 5.56 Å². The summed E-state index contributed by atoms with van der Waals surface area (Å²) in [6.07, 6.45) is 0.542. The number of nitrogens with zero attached hydrogens (tertiary/aromatic N) is 1. The fourth-order valence-electron chi connectivity index (χ4n) is 1.69. The van der Waals surface area contributed by atoms with Crippen LogP contribution in [0.4, 0.5) is 21.7 Å². The molecule has 1 nitrogen and oxygen atoms in total. The summed E-state index contributed by atoms with van der Waals surface area (Å²) < 4.78 is 64.0. The molecule has 0 radical (unpaired) electrons. The minimum absolute atomic E-state index is 0. The molecule has 0 N–H and O–H groups in total. The molecule has 0 saturated heterocycles. The van der Waals surface area contributed by atoms with Crippen molar-refractivity contribution in [1.29, 1.82) is 0 Å². The maximum absolute atomic E-state index is 13.3. The largest absolute Gasteiger partial charge is 1.00 e. The van der Waals surface area contributed by atoms with Crippen LogP contribution in [-0.4, -0.2) is 12.0 Å². The first-order valence-corrected chi connectivity index (χ1v) is 4.75. The molecule has 0 amide bonds. The molecule has 0 saturated carbocycles. The Morgan fingerprint density at radius 3 is 2.28 bits per heavy atom. The molecule has 1 aromatic heterocycles. The van der Waals surface area contributed by atoms with E-state index in [-0.39, 0.29) is 67.9 Å². The third kappa shape index (κ3) is 2.77. The van der Waals surface area contributed by atoms with Crippen molar-refractivity contribution in [2.75, 3.05) is 0 Å². The van der Waals surface area contributed by atoms with Crippen LogP contribution in [0.3, 0.4) is 0 Å². The van der Waals surface area contributed by atoms with Gasteiger partial charge in [-0.15, -0.1) is 0 Å². The third-order valence-electron chi connectivity index (χ3n) is 2.59. The molecular formula is C10H6BF5KN. The molecule has 0 aliphatic heterocycles. The summed E-state index contributed by atoms with van der Waals surface area (Å²) in [5.74, 6) is -2.36. The molecule has 2 aromatic rings. The molecule has 8 heteroatoms. The van der Waals surface area contributed by atoms with Gasteiger partial charge in [-0.3, -0.25) is 4.98 Å². The molecule has 0 spiro atoms. The topological polar surface area (TPSA) is 12.9 Å². The molecule has 0 atom stereocenters. The predicted octanol–water partition coefficient (Wildman–Crippen LogP) is -0.120. The monoisotopic (exact) mass is 285 g/mol. The quantitative estimate of drug-likeness (QED) is 0.526. The van der Waals surface area contributed by atoms with Gasteiger partial charge in [0, 0.05) is 11.6 Å². The van der Waals surface area contributed by atoms with E-state index in [9.17, 15) is 21.7 Å². The number of rotatable bonds is 1. The Kier molecular flexibility index (Phi) is 4.94. The maximum Gasteiger partial charge on any atom is 1.00 e. The second kappa shape index (κ2) is 5.54. The summed E-state index contributed by atoms with van der Waals surface area (Å²) in [6.45, 7) is -4.00. The summed E-state index contributed by atoms with van der Waals surface area (Å²) in [6, 6.07) is 1.89. The Morgan fingerprint density at radius 2 is 1.72 bits per heavy atom. The van der Waals surface area contributed by atoms with E-state index in [1.807, 2.05) is 0 Å². The van der Waals surface area contributed by atoms with E-state index in [2.05, 4.69) is 4.98 Å². The molecule has 0 fully saturated rings. The van der Waals surface area contributed by atoms with Crippen molar-refractivity contribution in [1.82, 2.24) is 4.98 Å². The van der Waals surface area contributed by atoms with Crippen molar-refractivity contribution in [2.24, 2.45) is 0 Å². The van der Waals surface area contributed by atoms with Crippen LogP contribution in [-0.2, 0) is 0 Å². The first kappa shape index (κ1) is 16.0. The summed E-state index contributed by atoms with van der Waals surface area (Å²) in [5.41, 5.74) is -1.41. The van der Waals surface area contributed by atoms with Gasteiger partial charge in [-0.2, -0.15) is 0 Å². The first-order chi connectivity index (χ1) is 7.82. The number of benzene rings is 1. The second-order valence-corrected chi connectivity index (χ2v) is 3.67. The van der Waals surface area contributed by atoms with Gasteiger partial charge in [0.25, 0.3) is 0 Å². The minimum atomic E-state index is -5.21. The minimum Gasteiger partial charge on any atom is -0.445 e. The number of hydrogen-bond acceptors (Lipinski definition) is 1. The van der Waals surface area contributed by atoms with Gasteiger partial charge in [-0.1, -0.05) is 11.0 Å². The average molecular weight is 285 g/mol. The van der Waals surface area contributed by atoms with Crippen LogP contribution in [0.5, 0.6) is 0 Å². The van der Waals surface area contributed by atoms with Crippen molar-refractivity contribution in [3.63, 3.8) is 0 Å². The van der Waals surface area contributed by atoms with Crippen LogP contribution in [0.2, 0.25) is 0 Å². The van der Waals surface area contributed by atoms with Crippen molar-refractivity contribution in [3.8, 4) is 0 Å². The SMILES string of the molecule is Cc1c([B-](F)(F)F)cnc2c(F)c(F)ccc12.[K+]. The van der Waals surface area contributed by atoms with E-state index in [1.54, 1.807) is 0 Å². The number of aromatic nitrogens is 1. The molecule has 90 valence electrons. The average Bonchev–Trinajstić information content (AvgIpc) is 2.22. The van der Waals surface area contributed by atoms with Gasteiger partial charge in [0.2, 0.25) is 0 Å². The van der Waals surface area contributed by atoms with Crippen LogP contribution < -0.4 is 56.8 Å². The van der Waals surface area contributed by atoms with Crippen LogP contribution in [0, 0.1) is 18.6 Å². The summed E-state index contributed by atoms with van der Waals surface area (Å²) in [7, 11) is 0. The molecule has 1 aromatic carbocycles. The smallest absolute Gasteiger partial charge is 0.445 e. The summed E-state index contributed by atoms with van der Waals surface area (Å²) in [5, 5.41) is -0.0272. The maximum atomic E-state index is 13.3. The van der Waals surface area contributed by atoms with Gasteiger partial charge in [0.05, 0.1) is 0 Å². The molecule has 18 heavy (non-hydrogen) atoms. The Bertz CT molecular complexity index is 599. The van der Waals surface area contributed by atoms with Gasteiger partial charge in [-0.25, -0.2) is 8.78 Å². The standard InChI is InChI=1S/C10H6BF5N.K/c1-5-6-2-3-8(12)9(13)10(6)17-4-7(5)11(14,15)16;/h2-4H,1H3;/q-1;+1. The van der Waals surface area contributed by atoms with Gasteiger partial charge in [0.1, 0.15) is 5.52 Å². The Labute approximate surface area is 142 Å².